The van der Waals surface area contributed by atoms with E-state index in [1.165, 1.54) is 11.1 Å². The highest BCUT2D eigenvalue weighted by molar-refractivity contribution is 5.79. The molecule has 4 nitrogen and oxygen atoms in total. The van der Waals surface area contributed by atoms with Gasteiger partial charge in [0.05, 0.1) is 12.6 Å². The Balaban J connectivity index is 1.87. The minimum atomic E-state index is -0.716. The van der Waals surface area contributed by atoms with Crippen molar-refractivity contribution < 1.29 is 4.79 Å². The molecule has 0 saturated heterocycles. The lowest BCUT2D eigenvalue weighted by Crippen LogP contribution is -2.49. The Kier molecular flexibility index (Phi) is 5.35. The summed E-state index contributed by atoms with van der Waals surface area (Å²) in [5.41, 5.74) is 1.92. The fourth-order valence-corrected chi connectivity index (χ4v) is 2.93. The molecule has 0 aliphatic heterocycles. The molecule has 0 radical (unpaired) electrons. The number of nitrogens with one attached hydrogen (secondary N) is 1. The van der Waals surface area contributed by atoms with Gasteiger partial charge in [0.1, 0.15) is 5.54 Å². The second kappa shape index (κ2) is 6.94. The monoisotopic (exact) mass is 327 g/mol. The Bertz CT molecular complexity index is 620. The Morgan fingerprint density at radius 2 is 1.83 bits per heavy atom. The maximum Gasteiger partial charge on any atom is 0.235 e. The Morgan fingerprint density at radius 1 is 1.25 bits per heavy atom. The summed E-state index contributed by atoms with van der Waals surface area (Å²) in [4.78, 5) is 14.2. The SMILES string of the molecule is CN(CC(=O)N[C@](C)(C#N)C1CC1)Cc1ccc(C(C)(C)C)cc1. The summed E-state index contributed by atoms with van der Waals surface area (Å²) < 4.78 is 0. The summed E-state index contributed by atoms with van der Waals surface area (Å²) >= 11 is 0. The van der Waals surface area contributed by atoms with Crippen LogP contribution in [-0.2, 0) is 16.8 Å². The van der Waals surface area contributed by atoms with Crippen molar-refractivity contribution in [2.24, 2.45) is 5.92 Å². The number of likely N-dealkylation sites (N-methyl/N-ethyl adjacent to an activating group) is 1. The molecule has 0 bridgehead atoms. The third-order valence-electron chi connectivity index (χ3n) is 4.71. The zero-order chi connectivity index (χ0) is 18.0. The van der Waals surface area contributed by atoms with Crippen LogP contribution >= 0.6 is 0 Å². The minimum Gasteiger partial charge on any atom is -0.337 e. The van der Waals surface area contributed by atoms with Crippen LogP contribution in [0.2, 0.25) is 0 Å². The number of amides is 1. The van der Waals surface area contributed by atoms with Crippen molar-refractivity contribution in [2.45, 2.75) is 58.0 Å². The van der Waals surface area contributed by atoms with E-state index in [-0.39, 0.29) is 11.3 Å². The molecule has 1 atom stereocenters. The van der Waals surface area contributed by atoms with Gasteiger partial charge in [-0.25, -0.2) is 0 Å². The van der Waals surface area contributed by atoms with E-state index in [9.17, 15) is 10.1 Å². The summed E-state index contributed by atoms with van der Waals surface area (Å²) in [6.07, 6.45) is 2.06. The van der Waals surface area contributed by atoms with Gasteiger partial charge >= 0.3 is 0 Å². The van der Waals surface area contributed by atoms with E-state index >= 15 is 0 Å². The quantitative estimate of drug-likeness (QED) is 0.873. The van der Waals surface area contributed by atoms with E-state index in [2.05, 4.69) is 56.4 Å². The van der Waals surface area contributed by atoms with Gasteiger partial charge in [0.2, 0.25) is 5.91 Å². The van der Waals surface area contributed by atoms with Crippen molar-refractivity contribution in [2.75, 3.05) is 13.6 Å². The van der Waals surface area contributed by atoms with E-state index in [1.807, 2.05) is 18.9 Å². The number of hydrogen-bond donors (Lipinski definition) is 1. The highest BCUT2D eigenvalue weighted by Gasteiger charge is 2.43. The molecule has 1 aromatic rings. The Morgan fingerprint density at radius 3 is 2.29 bits per heavy atom. The fourth-order valence-electron chi connectivity index (χ4n) is 2.93. The zero-order valence-electron chi connectivity index (χ0n) is 15.5. The maximum atomic E-state index is 12.2. The van der Waals surface area contributed by atoms with Crippen molar-refractivity contribution in [3.8, 4) is 6.07 Å². The number of nitriles is 1. The van der Waals surface area contributed by atoms with Crippen LogP contribution in [-0.4, -0.2) is 29.9 Å². The van der Waals surface area contributed by atoms with Crippen LogP contribution < -0.4 is 5.32 Å². The predicted molar refractivity (Wildman–Crippen MR) is 96.4 cm³/mol. The zero-order valence-corrected chi connectivity index (χ0v) is 15.5. The van der Waals surface area contributed by atoms with Gasteiger partial charge in [0, 0.05) is 6.54 Å². The van der Waals surface area contributed by atoms with Crippen LogP contribution in [0.25, 0.3) is 0 Å². The molecular weight excluding hydrogens is 298 g/mol. The molecule has 1 aliphatic rings. The molecule has 1 N–H and O–H groups in total. The largest absolute Gasteiger partial charge is 0.337 e. The lowest BCUT2D eigenvalue weighted by Gasteiger charge is -2.25. The smallest absolute Gasteiger partial charge is 0.235 e. The topological polar surface area (TPSA) is 56.1 Å². The molecule has 0 aromatic heterocycles. The van der Waals surface area contributed by atoms with Crippen molar-refractivity contribution in [1.82, 2.24) is 10.2 Å². The van der Waals surface area contributed by atoms with Gasteiger partial charge in [-0.2, -0.15) is 5.26 Å². The maximum absolute atomic E-state index is 12.2. The van der Waals surface area contributed by atoms with E-state index in [1.54, 1.807) is 0 Å². The number of carbonyl (C=O) groups is 1. The number of nitrogens with zero attached hydrogens (tertiary/aromatic N) is 2. The normalized spacial score (nSPS) is 17.2. The molecule has 130 valence electrons. The van der Waals surface area contributed by atoms with Gasteiger partial charge in [0.15, 0.2) is 0 Å². The summed E-state index contributed by atoms with van der Waals surface area (Å²) in [5, 5.41) is 12.2. The predicted octanol–water partition coefficient (Wildman–Crippen LogP) is 3.22. The highest BCUT2D eigenvalue weighted by atomic mass is 16.2. The van der Waals surface area contributed by atoms with Crippen LogP contribution in [0, 0.1) is 17.2 Å². The summed E-state index contributed by atoms with van der Waals surface area (Å²) in [7, 11) is 1.93. The fraction of sp³-hybridized carbons (Fsp3) is 0.600. The molecule has 1 saturated carbocycles. The van der Waals surface area contributed by atoms with Crippen molar-refractivity contribution in [3.63, 3.8) is 0 Å². The number of rotatable bonds is 6. The number of hydrogen-bond acceptors (Lipinski definition) is 3. The van der Waals surface area contributed by atoms with Crippen LogP contribution in [0.1, 0.15) is 51.7 Å². The van der Waals surface area contributed by atoms with Crippen molar-refractivity contribution >= 4 is 5.91 Å². The summed E-state index contributed by atoms with van der Waals surface area (Å²) in [6, 6.07) is 10.8. The van der Waals surface area contributed by atoms with E-state index in [0.717, 1.165) is 12.8 Å². The van der Waals surface area contributed by atoms with Gasteiger partial charge in [-0.1, -0.05) is 45.0 Å². The van der Waals surface area contributed by atoms with Crippen LogP contribution in [0.5, 0.6) is 0 Å². The molecule has 1 amide bonds. The van der Waals surface area contributed by atoms with Gasteiger partial charge < -0.3 is 5.32 Å². The molecule has 0 spiro atoms. The third kappa shape index (κ3) is 4.82. The van der Waals surface area contributed by atoms with Gasteiger partial charge in [-0.05, 0) is 49.3 Å². The molecule has 1 fully saturated rings. The highest BCUT2D eigenvalue weighted by Crippen LogP contribution is 2.39. The minimum absolute atomic E-state index is 0.0836. The lowest BCUT2D eigenvalue weighted by atomic mass is 9.87. The molecule has 1 aliphatic carbocycles. The second-order valence-corrected chi connectivity index (χ2v) is 8.26. The van der Waals surface area contributed by atoms with E-state index in [0.29, 0.717) is 19.0 Å². The average molecular weight is 327 g/mol. The molecule has 1 aromatic carbocycles. The first kappa shape index (κ1) is 18.5. The van der Waals surface area contributed by atoms with E-state index in [4.69, 9.17) is 0 Å². The Labute approximate surface area is 145 Å². The molecular formula is C20H29N3O. The second-order valence-electron chi connectivity index (χ2n) is 8.26. The number of carbonyl (C=O) groups excluding carboxylic acids is 1. The summed E-state index contributed by atoms with van der Waals surface area (Å²) in [5.74, 6) is 0.224. The average Bonchev–Trinajstić information content (AvgIpc) is 3.31. The third-order valence-corrected chi connectivity index (χ3v) is 4.71. The van der Waals surface area contributed by atoms with Gasteiger partial charge in [-0.3, -0.25) is 9.69 Å². The van der Waals surface area contributed by atoms with Gasteiger partial charge in [0.25, 0.3) is 0 Å². The molecule has 4 heteroatoms. The van der Waals surface area contributed by atoms with Crippen LogP contribution in [0.15, 0.2) is 24.3 Å². The first-order chi connectivity index (χ1) is 11.1. The van der Waals surface area contributed by atoms with Crippen LogP contribution in [0.4, 0.5) is 0 Å². The molecule has 2 rings (SSSR count). The lowest BCUT2D eigenvalue weighted by molar-refractivity contribution is -0.123. The number of benzene rings is 1. The van der Waals surface area contributed by atoms with Gasteiger partial charge in [-0.15, -0.1) is 0 Å². The standard InChI is InChI=1S/C20H29N3O/c1-19(2,3)16-8-6-15(7-9-16)12-23(5)13-18(24)22-20(4,14-21)17-10-11-17/h6-9,17H,10-13H2,1-5H3,(H,22,24)/t20-/m1/s1. The molecule has 0 heterocycles. The van der Waals surface area contributed by atoms with E-state index < -0.39 is 5.54 Å². The first-order valence-electron chi connectivity index (χ1n) is 8.64. The Hall–Kier alpha value is -1.86. The summed E-state index contributed by atoms with van der Waals surface area (Å²) in [6.45, 7) is 9.43. The van der Waals surface area contributed by atoms with Crippen molar-refractivity contribution in [1.29, 1.82) is 5.26 Å². The van der Waals surface area contributed by atoms with Crippen LogP contribution in [0.3, 0.4) is 0 Å². The first-order valence-corrected chi connectivity index (χ1v) is 8.64. The molecule has 0 unspecified atom stereocenters. The van der Waals surface area contributed by atoms with Crippen molar-refractivity contribution in [3.05, 3.63) is 35.4 Å². The molecule has 24 heavy (non-hydrogen) atoms.